The van der Waals surface area contributed by atoms with Crippen LogP contribution in [0.5, 0.6) is 11.5 Å². The highest BCUT2D eigenvalue weighted by molar-refractivity contribution is 7.37. The average Bonchev–Trinajstić information content (AvgIpc) is 1.99. The van der Waals surface area contributed by atoms with E-state index >= 15 is 0 Å². The van der Waals surface area contributed by atoms with Crippen LogP contribution in [0.1, 0.15) is 5.56 Å². The average molecular weight is 202 g/mol. The number of phenols is 2. The molecule has 1 atom stereocenters. The molecule has 4 nitrogen and oxygen atoms in total. The summed E-state index contributed by atoms with van der Waals surface area (Å²) in [6.45, 7) is 0. The minimum absolute atomic E-state index is 0.0346. The molecule has 0 spiro atoms. The van der Waals surface area contributed by atoms with Gasteiger partial charge in [0.1, 0.15) is 11.5 Å². The van der Waals surface area contributed by atoms with Crippen molar-refractivity contribution in [2.75, 3.05) is 6.16 Å². The van der Waals surface area contributed by atoms with Crippen molar-refractivity contribution in [3.05, 3.63) is 23.8 Å². The lowest BCUT2D eigenvalue weighted by Crippen LogP contribution is -1.87. The van der Waals surface area contributed by atoms with Crippen molar-refractivity contribution in [3.8, 4) is 11.5 Å². The van der Waals surface area contributed by atoms with Crippen LogP contribution in [-0.2, 0) is 11.0 Å². The molecule has 0 aliphatic carbocycles. The second kappa shape index (κ2) is 4.30. The monoisotopic (exact) mass is 202 g/mol. The van der Waals surface area contributed by atoms with Crippen molar-refractivity contribution in [1.29, 1.82) is 0 Å². The summed E-state index contributed by atoms with van der Waals surface area (Å²) in [5.74, 6) is -0.0692. The zero-order chi connectivity index (χ0) is 9.84. The Hall–Kier alpha value is -0.990. The van der Waals surface area contributed by atoms with E-state index in [1.165, 1.54) is 18.2 Å². The Labute approximate surface area is 76.3 Å². The Kier molecular flexibility index (Phi) is 3.34. The molecule has 1 unspecified atom stereocenters. The van der Waals surface area contributed by atoms with Crippen LogP contribution in [0.3, 0.4) is 0 Å². The number of aryl methyl sites for hydroxylation is 1. The van der Waals surface area contributed by atoms with Crippen LogP contribution in [0, 0.1) is 0 Å². The van der Waals surface area contributed by atoms with Gasteiger partial charge in [0.05, 0.1) is 0 Å². The SMILES string of the molecule is O=[PH](O)CCc1cc(O)cc(O)c1. The molecule has 3 N–H and O–H groups in total. The fourth-order valence-electron chi connectivity index (χ4n) is 1.05. The third-order valence-corrected chi connectivity index (χ3v) is 2.27. The molecule has 13 heavy (non-hydrogen) atoms. The van der Waals surface area contributed by atoms with Gasteiger partial charge in [0, 0.05) is 12.2 Å². The summed E-state index contributed by atoms with van der Waals surface area (Å²) in [6.07, 6.45) is 0.559. The largest absolute Gasteiger partial charge is 0.508 e. The normalized spacial score (nSPS) is 12.7. The zero-order valence-corrected chi connectivity index (χ0v) is 7.90. The van der Waals surface area contributed by atoms with Gasteiger partial charge in [0.2, 0.25) is 0 Å². The molecule has 0 amide bonds. The molecule has 0 radical (unpaired) electrons. The lowest BCUT2D eigenvalue weighted by molar-refractivity contribution is 0.449. The maximum Gasteiger partial charge on any atom is 0.189 e. The van der Waals surface area contributed by atoms with E-state index in [4.69, 9.17) is 15.1 Å². The first-order chi connectivity index (χ1) is 6.08. The van der Waals surface area contributed by atoms with E-state index in [1.807, 2.05) is 0 Å². The van der Waals surface area contributed by atoms with Gasteiger partial charge >= 0.3 is 0 Å². The van der Waals surface area contributed by atoms with Gasteiger partial charge in [0.25, 0.3) is 0 Å². The first-order valence-corrected chi connectivity index (χ1v) is 5.38. The van der Waals surface area contributed by atoms with Crippen LogP contribution in [0.15, 0.2) is 18.2 Å². The van der Waals surface area contributed by atoms with E-state index in [1.54, 1.807) is 0 Å². The second-order valence-electron chi connectivity index (χ2n) is 2.75. The molecule has 0 bridgehead atoms. The highest BCUT2D eigenvalue weighted by Crippen LogP contribution is 2.23. The van der Waals surface area contributed by atoms with E-state index in [9.17, 15) is 4.57 Å². The van der Waals surface area contributed by atoms with Gasteiger partial charge in [-0.3, -0.25) is 4.57 Å². The van der Waals surface area contributed by atoms with Crippen molar-refractivity contribution in [2.24, 2.45) is 0 Å². The van der Waals surface area contributed by atoms with Crippen molar-refractivity contribution in [2.45, 2.75) is 6.42 Å². The topological polar surface area (TPSA) is 77.8 Å². The molecule has 0 aliphatic heterocycles. The quantitative estimate of drug-likeness (QED) is 0.641. The third-order valence-electron chi connectivity index (χ3n) is 1.59. The van der Waals surface area contributed by atoms with E-state index in [2.05, 4.69) is 0 Å². The van der Waals surface area contributed by atoms with Crippen LogP contribution in [0.2, 0.25) is 0 Å². The molecule has 0 fully saturated rings. The van der Waals surface area contributed by atoms with Crippen molar-refractivity contribution in [3.63, 3.8) is 0 Å². The molecule has 1 aromatic rings. The molecule has 1 aromatic carbocycles. The van der Waals surface area contributed by atoms with Gasteiger partial charge in [0.15, 0.2) is 8.03 Å². The molecule has 5 heteroatoms. The Balaban J connectivity index is 2.71. The van der Waals surface area contributed by atoms with Gasteiger partial charge in [-0.05, 0) is 24.1 Å². The van der Waals surface area contributed by atoms with Gasteiger partial charge in [-0.1, -0.05) is 0 Å². The van der Waals surface area contributed by atoms with Crippen molar-refractivity contribution >= 4 is 8.03 Å². The number of aromatic hydroxyl groups is 2. The lowest BCUT2D eigenvalue weighted by Gasteiger charge is -2.01. The van der Waals surface area contributed by atoms with E-state index in [0.29, 0.717) is 12.0 Å². The second-order valence-corrected chi connectivity index (χ2v) is 4.04. The Morgan fingerprint density at radius 2 is 1.69 bits per heavy atom. The first kappa shape index (κ1) is 10.1. The Morgan fingerprint density at radius 3 is 2.15 bits per heavy atom. The number of rotatable bonds is 3. The maximum absolute atomic E-state index is 10.4. The number of phenolic OH excluding ortho intramolecular Hbond substituents is 2. The molecule has 0 aromatic heterocycles. The summed E-state index contributed by atoms with van der Waals surface area (Å²) >= 11 is 0. The lowest BCUT2D eigenvalue weighted by atomic mass is 10.1. The van der Waals surface area contributed by atoms with Crippen LogP contribution in [0.25, 0.3) is 0 Å². The highest BCUT2D eigenvalue weighted by atomic mass is 31.1. The highest BCUT2D eigenvalue weighted by Gasteiger charge is 2.00. The first-order valence-electron chi connectivity index (χ1n) is 3.81. The van der Waals surface area contributed by atoms with E-state index in [-0.39, 0.29) is 17.7 Å². The number of benzene rings is 1. The molecule has 0 aliphatic rings. The Bertz CT molecular complexity index is 304. The third kappa shape index (κ3) is 3.49. The van der Waals surface area contributed by atoms with E-state index in [0.717, 1.165) is 0 Å². The smallest absolute Gasteiger partial charge is 0.189 e. The zero-order valence-electron chi connectivity index (χ0n) is 6.90. The number of hydrogen-bond donors (Lipinski definition) is 3. The fourth-order valence-corrected chi connectivity index (χ4v) is 1.55. The molecular formula is C8H11O4P. The summed E-state index contributed by atoms with van der Waals surface area (Å²) in [6, 6.07) is 4.14. The van der Waals surface area contributed by atoms with Crippen LogP contribution in [0.4, 0.5) is 0 Å². The van der Waals surface area contributed by atoms with Gasteiger partial charge in [-0.2, -0.15) is 0 Å². The number of hydrogen-bond acceptors (Lipinski definition) is 3. The van der Waals surface area contributed by atoms with Crippen LogP contribution < -0.4 is 0 Å². The van der Waals surface area contributed by atoms with Gasteiger partial charge in [-0.25, -0.2) is 0 Å². The fraction of sp³-hybridized carbons (Fsp3) is 0.250. The van der Waals surface area contributed by atoms with Crippen LogP contribution in [-0.4, -0.2) is 21.3 Å². The summed E-state index contributed by atoms with van der Waals surface area (Å²) in [5, 5.41) is 18.1. The minimum Gasteiger partial charge on any atom is -0.508 e. The predicted molar refractivity (Wildman–Crippen MR) is 49.6 cm³/mol. The van der Waals surface area contributed by atoms with Crippen molar-refractivity contribution in [1.82, 2.24) is 0 Å². The summed E-state index contributed by atoms with van der Waals surface area (Å²) in [4.78, 5) is 8.57. The molecule has 0 saturated carbocycles. The van der Waals surface area contributed by atoms with Gasteiger partial charge in [-0.15, -0.1) is 0 Å². The molecule has 1 rings (SSSR count). The summed E-state index contributed by atoms with van der Waals surface area (Å²) < 4.78 is 10.4. The molecule has 0 heterocycles. The molecule has 72 valence electrons. The summed E-state index contributed by atoms with van der Waals surface area (Å²) in [5.41, 5.74) is 0.657. The maximum atomic E-state index is 10.4. The van der Waals surface area contributed by atoms with Gasteiger partial charge < -0.3 is 15.1 Å². The molecule has 0 saturated heterocycles. The standard InChI is InChI=1S/C8H11O4P/c9-7-3-6(1-2-13(11)12)4-8(10)5-7/h3-5,9-10,13H,1-2H2,(H,11,12). The summed E-state index contributed by atoms with van der Waals surface area (Å²) in [7, 11) is -2.47. The minimum atomic E-state index is -2.47. The predicted octanol–water partition coefficient (Wildman–Crippen LogP) is 1.11. The Morgan fingerprint density at radius 1 is 1.15 bits per heavy atom. The van der Waals surface area contributed by atoms with E-state index < -0.39 is 8.03 Å². The van der Waals surface area contributed by atoms with Crippen molar-refractivity contribution < 1.29 is 19.7 Å². The van der Waals surface area contributed by atoms with Crippen LogP contribution >= 0.6 is 8.03 Å². The molecular weight excluding hydrogens is 191 g/mol.